The number of amides is 2. The lowest BCUT2D eigenvalue weighted by Gasteiger charge is -2.15. The fourth-order valence-electron chi connectivity index (χ4n) is 2.83. The molecular weight excluding hydrogens is 312 g/mol. The monoisotopic (exact) mass is 326 g/mol. The van der Waals surface area contributed by atoms with Gasteiger partial charge in [0, 0.05) is 0 Å². The van der Waals surface area contributed by atoms with E-state index in [0.717, 1.165) is 4.90 Å². The van der Waals surface area contributed by atoms with E-state index in [1.807, 2.05) is 12.1 Å². The summed E-state index contributed by atoms with van der Waals surface area (Å²) in [5.74, 6) is -1.02. The van der Waals surface area contributed by atoms with Gasteiger partial charge < -0.3 is 0 Å². The molecule has 0 saturated carbocycles. The Morgan fingerprint density at radius 1 is 1.00 bits per heavy atom. The van der Waals surface area contributed by atoms with E-state index >= 15 is 0 Å². The van der Waals surface area contributed by atoms with Crippen molar-refractivity contribution in [2.45, 2.75) is 0 Å². The highest BCUT2D eigenvalue weighted by Gasteiger charge is 2.41. The van der Waals surface area contributed by atoms with Crippen LogP contribution in [-0.4, -0.2) is 11.8 Å². The Kier molecular flexibility index (Phi) is 4.15. The zero-order valence-corrected chi connectivity index (χ0v) is 13.4. The van der Waals surface area contributed by atoms with Crippen molar-refractivity contribution in [3.05, 3.63) is 90.0 Å². The number of carbonyl (C=O) groups excluding carboxylic acids is 2. The van der Waals surface area contributed by atoms with Gasteiger partial charge in [-0.15, -0.1) is 0 Å². The van der Waals surface area contributed by atoms with Gasteiger partial charge in [-0.3, -0.25) is 9.59 Å². The minimum Gasteiger partial charge on any atom is -0.268 e. The van der Waals surface area contributed by atoms with Crippen LogP contribution in [0.25, 0.3) is 11.6 Å². The Labute approximate surface area is 145 Å². The van der Waals surface area contributed by atoms with Gasteiger partial charge in [0.05, 0.1) is 28.5 Å². The third-order valence-corrected chi connectivity index (χ3v) is 3.99. The first-order valence-electron chi connectivity index (χ1n) is 7.59. The topological polar surface area (TPSA) is 61.2 Å². The molecule has 25 heavy (non-hydrogen) atoms. The number of anilines is 1. The van der Waals surface area contributed by atoms with Gasteiger partial charge in [0.25, 0.3) is 11.8 Å². The van der Waals surface area contributed by atoms with Crippen LogP contribution < -0.4 is 4.90 Å². The van der Waals surface area contributed by atoms with E-state index < -0.39 is 11.8 Å². The van der Waals surface area contributed by atoms with Crippen LogP contribution in [0.15, 0.2) is 78.9 Å². The number of imide groups is 1. The molecule has 1 aliphatic rings. The number of rotatable bonds is 4. The van der Waals surface area contributed by atoms with Crippen LogP contribution in [0.4, 0.5) is 5.69 Å². The van der Waals surface area contributed by atoms with Crippen molar-refractivity contribution in [3.63, 3.8) is 0 Å². The van der Waals surface area contributed by atoms with Gasteiger partial charge in [-0.2, -0.15) is 5.26 Å². The number of hydrogen-bond acceptors (Lipinski definition) is 3. The highest BCUT2D eigenvalue weighted by molar-refractivity contribution is 6.47. The summed E-state index contributed by atoms with van der Waals surface area (Å²) in [4.78, 5) is 27.1. The van der Waals surface area contributed by atoms with Gasteiger partial charge in [0.2, 0.25) is 0 Å². The maximum Gasteiger partial charge on any atom is 0.267 e. The molecule has 0 N–H and O–H groups in total. The van der Waals surface area contributed by atoms with E-state index in [-0.39, 0.29) is 16.7 Å². The standard InChI is InChI=1S/C21H14N2O2/c1-3-15-9-7-8-12-17(15)19-18(14(2)13-22)20(24)23(21(19)25)16-10-5-4-6-11-16/h3-12H,1-2H2. The molecule has 4 heteroatoms. The fourth-order valence-corrected chi connectivity index (χ4v) is 2.83. The second-order valence-corrected chi connectivity index (χ2v) is 5.41. The number of carbonyl (C=O) groups is 2. The van der Waals surface area contributed by atoms with Crippen molar-refractivity contribution in [3.8, 4) is 6.07 Å². The van der Waals surface area contributed by atoms with Crippen LogP contribution in [0.5, 0.6) is 0 Å². The van der Waals surface area contributed by atoms with E-state index in [1.54, 1.807) is 54.6 Å². The van der Waals surface area contributed by atoms with Gasteiger partial charge >= 0.3 is 0 Å². The van der Waals surface area contributed by atoms with Gasteiger partial charge in [-0.05, 0) is 23.3 Å². The second-order valence-electron chi connectivity index (χ2n) is 5.41. The smallest absolute Gasteiger partial charge is 0.267 e. The third-order valence-electron chi connectivity index (χ3n) is 3.99. The summed E-state index contributed by atoms with van der Waals surface area (Å²) in [6.45, 7) is 7.41. The molecule has 0 unspecified atom stereocenters. The maximum atomic E-state index is 13.1. The van der Waals surface area contributed by atoms with Gasteiger partial charge in [0.1, 0.15) is 0 Å². The lowest BCUT2D eigenvalue weighted by molar-refractivity contribution is -0.120. The Morgan fingerprint density at radius 2 is 1.64 bits per heavy atom. The van der Waals surface area contributed by atoms with Crippen LogP contribution in [-0.2, 0) is 9.59 Å². The SMILES string of the molecule is C=Cc1ccccc1C1=C(C(=C)C#N)C(=O)N(c2ccccc2)C1=O. The Morgan fingerprint density at radius 3 is 2.28 bits per heavy atom. The van der Waals surface area contributed by atoms with Gasteiger partial charge in [-0.1, -0.05) is 61.7 Å². The second kappa shape index (κ2) is 6.42. The molecule has 0 saturated heterocycles. The van der Waals surface area contributed by atoms with E-state index in [0.29, 0.717) is 16.8 Å². The van der Waals surface area contributed by atoms with E-state index in [1.165, 1.54) is 0 Å². The maximum absolute atomic E-state index is 13.1. The quantitative estimate of drug-likeness (QED) is 0.635. The number of nitrogens with zero attached hydrogens (tertiary/aromatic N) is 2. The van der Waals surface area contributed by atoms with Crippen molar-refractivity contribution < 1.29 is 9.59 Å². The van der Waals surface area contributed by atoms with Crippen molar-refractivity contribution in [2.75, 3.05) is 4.90 Å². The summed E-state index contributed by atoms with van der Waals surface area (Å²) in [6, 6.07) is 17.6. The molecule has 1 aliphatic heterocycles. The molecular formula is C21H14N2O2. The van der Waals surface area contributed by atoms with Gasteiger partial charge in [-0.25, -0.2) is 4.90 Å². The molecule has 3 rings (SSSR count). The zero-order valence-electron chi connectivity index (χ0n) is 13.4. The van der Waals surface area contributed by atoms with Crippen LogP contribution in [0.1, 0.15) is 11.1 Å². The van der Waals surface area contributed by atoms with Crippen molar-refractivity contribution >= 4 is 29.2 Å². The van der Waals surface area contributed by atoms with Crippen LogP contribution in [0, 0.1) is 11.3 Å². The lowest BCUT2D eigenvalue weighted by Crippen LogP contribution is -2.31. The molecule has 2 aromatic carbocycles. The van der Waals surface area contributed by atoms with E-state index in [4.69, 9.17) is 0 Å². The highest BCUT2D eigenvalue weighted by Crippen LogP contribution is 2.37. The van der Waals surface area contributed by atoms with Crippen molar-refractivity contribution in [1.82, 2.24) is 0 Å². The molecule has 2 aromatic rings. The minimum atomic E-state index is -0.545. The number of hydrogen-bond donors (Lipinski definition) is 0. The molecule has 0 fully saturated rings. The molecule has 0 atom stereocenters. The predicted molar refractivity (Wildman–Crippen MR) is 97.1 cm³/mol. The Bertz CT molecular complexity index is 978. The molecule has 2 amide bonds. The highest BCUT2D eigenvalue weighted by atomic mass is 16.2. The molecule has 0 radical (unpaired) electrons. The average Bonchev–Trinajstić information content (AvgIpc) is 2.92. The first-order valence-corrected chi connectivity index (χ1v) is 7.59. The van der Waals surface area contributed by atoms with E-state index in [2.05, 4.69) is 13.2 Å². The fraction of sp³-hybridized carbons (Fsp3) is 0. The van der Waals surface area contributed by atoms with Gasteiger partial charge in [0.15, 0.2) is 0 Å². The third kappa shape index (κ3) is 2.58. The number of benzene rings is 2. The predicted octanol–water partition coefficient (Wildman–Crippen LogP) is 3.74. The van der Waals surface area contributed by atoms with Crippen LogP contribution in [0.3, 0.4) is 0 Å². The lowest BCUT2D eigenvalue weighted by atomic mass is 9.94. The van der Waals surface area contributed by atoms with Crippen molar-refractivity contribution in [2.24, 2.45) is 0 Å². The van der Waals surface area contributed by atoms with Crippen LogP contribution in [0.2, 0.25) is 0 Å². The van der Waals surface area contributed by atoms with Crippen molar-refractivity contribution in [1.29, 1.82) is 5.26 Å². The minimum absolute atomic E-state index is 0.0330. The summed E-state index contributed by atoms with van der Waals surface area (Å²) >= 11 is 0. The molecule has 120 valence electrons. The molecule has 0 aliphatic carbocycles. The first kappa shape index (κ1) is 16.2. The molecule has 1 heterocycles. The summed E-state index contributed by atoms with van der Waals surface area (Å²) in [5.41, 5.74) is 1.89. The summed E-state index contributed by atoms with van der Waals surface area (Å²) in [5, 5.41) is 9.26. The Balaban J connectivity index is 2.25. The first-order chi connectivity index (χ1) is 12.1. The molecule has 0 aromatic heterocycles. The number of para-hydroxylation sites is 1. The normalized spacial score (nSPS) is 13.8. The molecule has 0 bridgehead atoms. The molecule has 0 spiro atoms. The summed E-state index contributed by atoms with van der Waals surface area (Å²) < 4.78 is 0. The average molecular weight is 326 g/mol. The summed E-state index contributed by atoms with van der Waals surface area (Å²) in [7, 11) is 0. The largest absolute Gasteiger partial charge is 0.268 e. The number of nitriles is 1. The van der Waals surface area contributed by atoms with Crippen LogP contribution >= 0.6 is 0 Å². The Hall–Kier alpha value is -3.71. The van der Waals surface area contributed by atoms with E-state index in [9.17, 15) is 14.9 Å². The summed E-state index contributed by atoms with van der Waals surface area (Å²) in [6.07, 6.45) is 1.61. The zero-order chi connectivity index (χ0) is 18.0. The molecule has 4 nitrogen and oxygen atoms in total.